The van der Waals surface area contributed by atoms with Gasteiger partial charge in [0.1, 0.15) is 0 Å². The van der Waals surface area contributed by atoms with Crippen LogP contribution >= 0.6 is 0 Å². The maximum absolute atomic E-state index is 5.13. The van der Waals surface area contributed by atoms with E-state index in [0.717, 1.165) is 43.8 Å². The maximum atomic E-state index is 5.13. The van der Waals surface area contributed by atoms with Gasteiger partial charge in [0.15, 0.2) is 5.82 Å². The number of nitrogens with one attached hydrogen (secondary N) is 1. The van der Waals surface area contributed by atoms with Gasteiger partial charge >= 0.3 is 0 Å². The van der Waals surface area contributed by atoms with Crippen molar-refractivity contribution in [3.05, 3.63) is 12.4 Å². The predicted octanol–water partition coefficient (Wildman–Crippen LogP) is 1.95. The number of rotatable bonds is 6. The zero-order valence-electron chi connectivity index (χ0n) is 12.8. The predicted molar refractivity (Wildman–Crippen MR) is 81.2 cm³/mol. The first-order valence-corrected chi connectivity index (χ1v) is 7.50. The smallest absolute Gasteiger partial charge is 0.233 e. The second kappa shape index (κ2) is 7.43. The van der Waals surface area contributed by atoms with Gasteiger partial charge in [-0.2, -0.15) is 4.98 Å². The Kier molecular flexibility index (Phi) is 5.59. The number of ether oxygens (including phenoxy) is 1. The molecule has 0 bridgehead atoms. The minimum absolute atomic E-state index is 0.586. The fraction of sp³-hybridized carbons (Fsp3) is 0.733. The Balaban J connectivity index is 1.78. The van der Waals surface area contributed by atoms with Crippen LogP contribution in [-0.4, -0.2) is 43.3 Å². The summed E-state index contributed by atoms with van der Waals surface area (Å²) in [5.74, 6) is 3.02. The van der Waals surface area contributed by atoms with Gasteiger partial charge in [0.25, 0.3) is 0 Å². The summed E-state index contributed by atoms with van der Waals surface area (Å²) in [5.41, 5.74) is 0. The zero-order chi connectivity index (χ0) is 14.4. The van der Waals surface area contributed by atoms with Gasteiger partial charge in [-0.1, -0.05) is 13.8 Å². The Morgan fingerprint density at radius 3 is 2.75 bits per heavy atom. The third-order valence-electron chi connectivity index (χ3n) is 3.73. The number of aromatic nitrogens is 2. The van der Waals surface area contributed by atoms with Crippen LogP contribution in [0.4, 0.5) is 5.82 Å². The molecule has 0 aliphatic carbocycles. The molecule has 0 aromatic carbocycles. The van der Waals surface area contributed by atoms with Gasteiger partial charge in [-0.05, 0) is 37.8 Å². The lowest BCUT2D eigenvalue weighted by Crippen LogP contribution is -2.38. The minimum Gasteiger partial charge on any atom is -0.480 e. The third kappa shape index (κ3) is 4.34. The molecule has 0 radical (unpaired) electrons. The Labute approximate surface area is 121 Å². The van der Waals surface area contributed by atoms with Gasteiger partial charge < -0.3 is 15.0 Å². The molecule has 0 atom stereocenters. The summed E-state index contributed by atoms with van der Waals surface area (Å²) in [5, 5.41) is 3.56. The van der Waals surface area contributed by atoms with E-state index in [-0.39, 0.29) is 0 Å². The van der Waals surface area contributed by atoms with E-state index in [4.69, 9.17) is 4.74 Å². The molecule has 1 saturated heterocycles. The van der Waals surface area contributed by atoms with Crippen LogP contribution in [0.1, 0.15) is 26.7 Å². The number of methoxy groups -OCH3 is 1. The number of nitrogens with zero attached hydrogens (tertiary/aromatic N) is 3. The highest BCUT2D eigenvalue weighted by molar-refractivity contribution is 5.37. The summed E-state index contributed by atoms with van der Waals surface area (Å²) < 4.78 is 5.13. The van der Waals surface area contributed by atoms with Crippen molar-refractivity contribution >= 4 is 5.82 Å². The van der Waals surface area contributed by atoms with Crippen LogP contribution in [0.25, 0.3) is 0 Å². The molecular weight excluding hydrogens is 252 g/mol. The van der Waals surface area contributed by atoms with Crippen LogP contribution < -0.4 is 15.0 Å². The molecule has 2 heterocycles. The molecule has 0 spiro atoms. The van der Waals surface area contributed by atoms with Gasteiger partial charge in [-0.15, -0.1) is 0 Å². The van der Waals surface area contributed by atoms with E-state index in [0.29, 0.717) is 5.88 Å². The van der Waals surface area contributed by atoms with Gasteiger partial charge in [-0.25, -0.2) is 0 Å². The molecule has 0 saturated carbocycles. The first kappa shape index (κ1) is 15.0. The van der Waals surface area contributed by atoms with E-state index >= 15 is 0 Å². The van der Waals surface area contributed by atoms with Crippen molar-refractivity contribution in [3.8, 4) is 5.88 Å². The molecule has 0 amide bonds. The molecule has 0 unspecified atom stereocenters. The van der Waals surface area contributed by atoms with Crippen molar-refractivity contribution in [2.75, 3.05) is 38.2 Å². The van der Waals surface area contributed by atoms with Gasteiger partial charge in [0, 0.05) is 13.1 Å². The van der Waals surface area contributed by atoms with Gasteiger partial charge in [0.05, 0.1) is 19.5 Å². The highest BCUT2D eigenvalue weighted by atomic mass is 16.5. The van der Waals surface area contributed by atoms with E-state index in [9.17, 15) is 0 Å². The van der Waals surface area contributed by atoms with Crippen LogP contribution in [0.2, 0.25) is 0 Å². The summed E-state index contributed by atoms with van der Waals surface area (Å²) in [7, 11) is 1.63. The number of hydrogen-bond acceptors (Lipinski definition) is 5. The molecule has 1 aliphatic heterocycles. The summed E-state index contributed by atoms with van der Waals surface area (Å²) in [6.45, 7) is 8.84. The lowest BCUT2D eigenvalue weighted by molar-refractivity contribution is 0.370. The summed E-state index contributed by atoms with van der Waals surface area (Å²) >= 11 is 0. The molecule has 1 fully saturated rings. The maximum Gasteiger partial charge on any atom is 0.233 e. The SMILES string of the molecule is COc1cncc(N2CCC(CNCC(C)C)CC2)n1. The standard InChI is InChI=1S/C15H26N4O/c1-12(2)8-16-9-13-4-6-19(7-5-13)14-10-17-11-15(18-14)20-3/h10-13,16H,4-9H2,1-3H3. The van der Waals surface area contributed by atoms with Crippen LogP contribution in [0.3, 0.4) is 0 Å². The van der Waals surface area contributed by atoms with Crippen molar-refractivity contribution in [2.45, 2.75) is 26.7 Å². The molecule has 2 rings (SSSR count). The average Bonchev–Trinajstić information content (AvgIpc) is 2.48. The topological polar surface area (TPSA) is 50.3 Å². The van der Waals surface area contributed by atoms with Crippen LogP contribution in [0.5, 0.6) is 5.88 Å². The Bertz CT molecular complexity index is 403. The Hall–Kier alpha value is -1.36. The van der Waals surface area contributed by atoms with Crippen molar-refractivity contribution in [3.63, 3.8) is 0 Å². The molecule has 1 N–H and O–H groups in total. The second-order valence-electron chi connectivity index (χ2n) is 5.90. The van der Waals surface area contributed by atoms with E-state index in [2.05, 4.69) is 34.0 Å². The normalized spacial score (nSPS) is 16.7. The van der Waals surface area contributed by atoms with Crippen LogP contribution in [0, 0.1) is 11.8 Å². The summed E-state index contributed by atoms with van der Waals surface area (Å²) in [4.78, 5) is 10.9. The van der Waals surface area contributed by atoms with Crippen LogP contribution in [0.15, 0.2) is 12.4 Å². The molecular formula is C15H26N4O. The zero-order valence-corrected chi connectivity index (χ0v) is 12.8. The first-order valence-electron chi connectivity index (χ1n) is 7.50. The summed E-state index contributed by atoms with van der Waals surface area (Å²) in [6, 6.07) is 0. The van der Waals surface area contributed by atoms with Gasteiger partial charge in [0.2, 0.25) is 5.88 Å². The quantitative estimate of drug-likeness (QED) is 0.862. The molecule has 1 aliphatic rings. The van der Waals surface area contributed by atoms with E-state index in [1.807, 2.05) is 6.20 Å². The van der Waals surface area contributed by atoms with Crippen molar-refractivity contribution in [1.29, 1.82) is 0 Å². The average molecular weight is 278 g/mol. The Morgan fingerprint density at radius 1 is 1.35 bits per heavy atom. The molecule has 5 nitrogen and oxygen atoms in total. The first-order chi connectivity index (χ1) is 9.69. The molecule has 112 valence electrons. The highest BCUT2D eigenvalue weighted by Crippen LogP contribution is 2.22. The fourth-order valence-electron chi connectivity index (χ4n) is 2.53. The third-order valence-corrected chi connectivity index (χ3v) is 3.73. The van der Waals surface area contributed by atoms with Crippen molar-refractivity contribution in [1.82, 2.24) is 15.3 Å². The van der Waals surface area contributed by atoms with E-state index in [1.54, 1.807) is 13.3 Å². The monoisotopic (exact) mass is 278 g/mol. The lowest BCUT2D eigenvalue weighted by Gasteiger charge is -2.32. The molecule has 1 aromatic rings. The van der Waals surface area contributed by atoms with Crippen molar-refractivity contribution < 1.29 is 4.74 Å². The number of piperidine rings is 1. The summed E-state index contributed by atoms with van der Waals surface area (Å²) in [6.07, 6.45) is 5.89. The lowest BCUT2D eigenvalue weighted by atomic mass is 9.96. The van der Waals surface area contributed by atoms with Crippen molar-refractivity contribution in [2.24, 2.45) is 11.8 Å². The molecule has 1 aromatic heterocycles. The molecule has 20 heavy (non-hydrogen) atoms. The van der Waals surface area contributed by atoms with Crippen LogP contribution in [-0.2, 0) is 0 Å². The fourth-order valence-corrected chi connectivity index (χ4v) is 2.53. The Morgan fingerprint density at radius 2 is 2.10 bits per heavy atom. The number of anilines is 1. The van der Waals surface area contributed by atoms with E-state index < -0.39 is 0 Å². The minimum atomic E-state index is 0.586. The van der Waals surface area contributed by atoms with Gasteiger partial charge in [-0.3, -0.25) is 4.98 Å². The second-order valence-corrected chi connectivity index (χ2v) is 5.90. The highest BCUT2D eigenvalue weighted by Gasteiger charge is 2.20. The molecule has 5 heteroatoms. The number of hydrogen-bond donors (Lipinski definition) is 1. The largest absolute Gasteiger partial charge is 0.480 e. The van der Waals surface area contributed by atoms with E-state index in [1.165, 1.54) is 12.8 Å².